The summed E-state index contributed by atoms with van der Waals surface area (Å²) in [6.07, 6.45) is 3.27. The summed E-state index contributed by atoms with van der Waals surface area (Å²) in [6, 6.07) is 5.09. The predicted molar refractivity (Wildman–Crippen MR) is 83.2 cm³/mol. The molecule has 0 unspecified atom stereocenters. The van der Waals surface area contributed by atoms with Crippen LogP contribution in [0.3, 0.4) is 0 Å². The summed E-state index contributed by atoms with van der Waals surface area (Å²) < 4.78 is 6.30. The molecule has 0 aromatic heterocycles. The highest BCUT2D eigenvalue weighted by Gasteiger charge is 2.06. The van der Waals surface area contributed by atoms with Gasteiger partial charge in [-0.25, -0.2) is 4.79 Å². The van der Waals surface area contributed by atoms with E-state index in [9.17, 15) is 4.79 Å². The van der Waals surface area contributed by atoms with Gasteiger partial charge in [-0.05, 0) is 37.1 Å². The minimum atomic E-state index is -0.908. The number of nitrogens with one attached hydrogen (secondary N) is 1. The van der Waals surface area contributed by atoms with Gasteiger partial charge in [-0.1, -0.05) is 35.3 Å². The van der Waals surface area contributed by atoms with Crippen molar-refractivity contribution < 1.29 is 14.6 Å². The summed E-state index contributed by atoms with van der Waals surface area (Å²) in [5.41, 5.74) is 1.35. The van der Waals surface area contributed by atoms with E-state index in [0.29, 0.717) is 5.56 Å². The Bertz CT molecular complexity index is 424. The highest BCUT2D eigenvalue weighted by molar-refractivity contribution is 9.10. The van der Waals surface area contributed by atoms with Gasteiger partial charge in [-0.2, -0.15) is 0 Å². The van der Waals surface area contributed by atoms with Crippen molar-refractivity contribution in [2.45, 2.75) is 32.7 Å². The van der Waals surface area contributed by atoms with Crippen LogP contribution in [0.5, 0.6) is 0 Å². The average molecular weight is 344 g/mol. The SMILES string of the molecule is CCCCOCCCNCc1ccc(C(=O)O)cc1Br. The number of hydrogen-bond donors (Lipinski definition) is 2. The second-order valence-corrected chi connectivity index (χ2v) is 5.46. The van der Waals surface area contributed by atoms with Crippen LogP contribution >= 0.6 is 15.9 Å². The third-order valence-corrected chi connectivity index (χ3v) is 3.64. The average Bonchev–Trinajstić information content (AvgIpc) is 2.43. The number of carbonyl (C=O) groups is 1. The maximum atomic E-state index is 10.8. The van der Waals surface area contributed by atoms with Crippen LogP contribution in [0.2, 0.25) is 0 Å². The first-order valence-electron chi connectivity index (χ1n) is 6.95. The van der Waals surface area contributed by atoms with Crippen LogP contribution < -0.4 is 5.32 Å². The standard InChI is InChI=1S/C15H22BrNO3/c1-2-3-8-20-9-4-7-17-11-13-6-5-12(15(18)19)10-14(13)16/h5-6,10,17H,2-4,7-9,11H2,1H3,(H,18,19). The minimum Gasteiger partial charge on any atom is -0.478 e. The van der Waals surface area contributed by atoms with E-state index in [4.69, 9.17) is 9.84 Å². The monoisotopic (exact) mass is 343 g/mol. The molecule has 0 aliphatic heterocycles. The van der Waals surface area contributed by atoms with Gasteiger partial charge >= 0.3 is 5.97 Å². The van der Waals surface area contributed by atoms with Gasteiger partial charge < -0.3 is 15.2 Å². The second kappa shape index (κ2) is 9.91. The number of benzene rings is 1. The quantitative estimate of drug-likeness (QED) is 0.639. The number of unbranched alkanes of at least 4 members (excludes halogenated alkanes) is 1. The fourth-order valence-electron chi connectivity index (χ4n) is 1.69. The van der Waals surface area contributed by atoms with E-state index < -0.39 is 5.97 Å². The molecule has 4 nitrogen and oxygen atoms in total. The molecule has 5 heteroatoms. The fourth-order valence-corrected chi connectivity index (χ4v) is 2.21. The van der Waals surface area contributed by atoms with E-state index in [1.165, 1.54) is 6.42 Å². The number of ether oxygens (including phenoxy) is 1. The van der Waals surface area contributed by atoms with Crippen LogP contribution in [-0.2, 0) is 11.3 Å². The lowest BCUT2D eigenvalue weighted by Gasteiger charge is -2.08. The zero-order valence-electron chi connectivity index (χ0n) is 11.8. The molecule has 0 aliphatic rings. The lowest BCUT2D eigenvalue weighted by atomic mass is 10.1. The molecule has 1 aromatic carbocycles. The Morgan fingerprint density at radius 1 is 1.35 bits per heavy atom. The third kappa shape index (κ3) is 6.50. The van der Waals surface area contributed by atoms with Crippen molar-refractivity contribution in [3.05, 3.63) is 33.8 Å². The molecule has 0 atom stereocenters. The van der Waals surface area contributed by atoms with Gasteiger partial charge in [0.25, 0.3) is 0 Å². The molecule has 0 amide bonds. The van der Waals surface area contributed by atoms with Crippen LogP contribution in [0.4, 0.5) is 0 Å². The Morgan fingerprint density at radius 3 is 2.75 bits per heavy atom. The molecule has 0 radical (unpaired) electrons. The van der Waals surface area contributed by atoms with Gasteiger partial charge in [0.2, 0.25) is 0 Å². The highest BCUT2D eigenvalue weighted by Crippen LogP contribution is 2.18. The van der Waals surface area contributed by atoms with E-state index >= 15 is 0 Å². The van der Waals surface area contributed by atoms with Crippen molar-refractivity contribution in [1.82, 2.24) is 5.32 Å². The van der Waals surface area contributed by atoms with Gasteiger partial charge in [0.1, 0.15) is 0 Å². The van der Waals surface area contributed by atoms with Crippen LogP contribution in [0, 0.1) is 0 Å². The lowest BCUT2D eigenvalue weighted by molar-refractivity contribution is 0.0697. The van der Waals surface area contributed by atoms with Crippen molar-refractivity contribution in [3.8, 4) is 0 Å². The van der Waals surface area contributed by atoms with Gasteiger partial charge in [0, 0.05) is 24.2 Å². The van der Waals surface area contributed by atoms with Crippen LogP contribution in [-0.4, -0.2) is 30.8 Å². The first-order chi connectivity index (χ1) is 9.65. The Morgan fingerprint density at radius 2 is 2.10 bits per heavy atom. The molecule has 112 valence electrons. The number of rotatable bonds is 10. The molecule has 0 saturated carbocycles. The molecule has 1 aromatic rings. The maximum absolute atomic E-state index is 10.8. The molecule has 0 fully saturated rings. The molecule has 20 heavy (non-hydrogen) atoms. The van der Waals surface area contributed by atoms with Crippen molar-refractivity contribution in [3.63, 3.8) is 0 Å². The summed E-state index contributed by atoms with van der Waals surface area (Å²) in [4.78, 5) is 10.8. The highest BCUT2D eigenvalue weighted by atomic mass is 79.9. The predicted octanol–water partition coefficient (Wildman–Crippen LogP) is 3.44. The summed E-state index contributed by atoms with van der Waals surface area (Å²) in [7, 11) is 0. The minimum absolute atomic E-state index is 0.296. The molecule has 2 N–H and O–H groups in total. The molecule has 0 bridgehead atoms. The zero-order valence-corrected chi connectivity index (χ0v) is 13.4. The number of carboxylic acid groups (broad SMARTS) is 1. The first-order valence-corrected chi connectivity index (χ1v) is 7.74. The van der Waals surface area contributed by atoms with Crippen LogP contribution in [0.15, 0.2) is 22.7 Å². The van der Waals surface area contributed by atoms with Gasteiger partial charge in [-0.15, -0.1) is 0 Å². The zero-order chi connectivity index (χ0) is 14.8. The van der Waals surface area contributed by atoms with Gasteiger partial charge in [0.05, 0.1) is 5.56 Å². The second-order valence-electron chi connectivity index (χ2n) is 4.61. The van der Waals surface area contributed by atoms with Crippen molar-refractivity contribution in [2.75, 3.05) is 19.8 Å². The maximum Gasteiger partial charge on any atom is 0.335 e. The molecule has 1 rings (SSSR count). The number of aromatic carboxylic acids is 1. The summed E-state index contributed by atoms with van der Waals surface area (Å²) >= 11 is 3.40. The van der Waals surface area contributed by atoms with Crippen LogP contribution in [0.25, 0.3) is 0 Å². The number of hydrogen-bond acceptors (Lipinski definition) is 3. The largest absolute Gasteiger partial charge is 0.478 e. The molecule has 0 saturated heterocycles. The van der Waals surface area contributed by atoms with E-state index in [1.54, 1.807) is 12.1 Å². The summed E-state index contributed by atoms with van der Waals surface area (Å²) in [5, 5.41) is 12.2. The molecule has 0 aliphatic carbocycles. The van der Waals surface area contributed by atoms with Crippen molar-refractivity contribution in [1.29, 1.82) is 0 Å². The van der Waals surface area contributed by atoms with Gasteiger partial charge in [0.15, 0.2) is 0 Å². The fraction of sp³-hybridized carbons (Fsp3) is 0.533. The Balaban J connectivity index is 2.20. The van der Waals surface area contributed by atoms with E-state index in [1.807, 2.05) is 6.07 Å². The van der Waals surface area contributed by atoms with E-state index in [0.717, 1.165) is 49.2 Å². The van der Waals surface area contributed by atoms with Crippen molar-refractivity contribution >= 4 is 21.9 Å². The molecular formula is C15H22BrNO3. The number of carboxylic acids is 1. The van der Waals surface area contributed by atoms with E-state index in [-0.39, 0.29) is 0 Å². The molecular weight excluding hydrogens is 322 g/mol. The first kappa shape index (κ1) is 17.1. The van der Waals surface area contributed by atoms with E-state index in [2.05, 4.69) is 28.2 Å². The van der Waals surface area contributed by atoms with Crippen LogP contribution in [0.1, 0.15) is 42.1 Å². The molecule has 0 heterocycles. The summed E-state index contributed by atoms with van der Waals surface area (Å²) in [6.45, 7) is 5.39. The Kier molecular flexibility index (Phi) is 8.49. The Hall–Kier alpha value is -0.910. The lowest BCUT2D eigenvalue weighted by Crippen LogP contribution is -2.17. The van der Waals surface area contributed by atoms with Gasteiger partial charge in [-0.3, -0.25) is 0 Å². The normalized spacial score (nSPS) is 10.7. The summed E-state index contributed by atoms with van der Waals surface area (Å²) in [5.74, 6) is -0.908. The molecule has 0 spiro atoms. The third-order valence-electron chi connectivity index (χ3n) is 2.90. The van der Waals surface area contributed by atoms with Crippen molar-refractivity contribution in [2.24, 2.45) is 0 Å². The number of halogens is 1. The topological polar surface area (TPSA) is 58.6 Å². The Labute approximate surface area is 128 Å². The smallest absolute Gasteiger partial charge is 0.335 e.